The second-order valence-electron chi connectivity index (χ2n) is 4.43. The van der Waals surface area contributed by atoms with Crippen molar-refractivity contribution in [3.8, 4) is 5.75 Å². The van der Waals surface area contributed by atoms with Crippen molar-refractivity contribution in [1.82, 2.24) is 0 Å². The molecule has 7 nitrogen and oxygen atoms in total. The second-order valence-corrected chi connectivity index (χ2v) is 4.43. The zero-order valence-corrected chi connectivity index (χ0v) is 12.4. The van der Waals surface area contributed by atoms with Crippen LogP contribution in [0.25, 0.3) is 0 Å². The van der Waals surface area contributed by atoms with E-state index in [4.69, 9.17) is 14.6 Å². The van der Waals surface area contributed by atoms with Crippen LogP contribution in [0, 0.1) is 10.1 Å². The van der Waals surface area contributed by atoms with Crippen LogP contribution in [0.3, 0.4) is 0 Å². The zero-order chi connectivity index (χ0) is 15.7. The van der Waals surface area contributed by atoms with E-state index in [-0.39, 0.29) is 18.0 Å². The normalized spacial score (nSPS) is 10.4. The van der Waals surface area contributed by atoms with Gasteiger partial charge in [0.05, 0.1) is 24.7 Å². The number of hydrogen-bond donors (Lipinski definition) is 1. The number of nitro benzene ring substituents is 1. The highest BCUT2D eigenvalue weighted by atomic mass is 16.6. The van der Waals surface area contributed by atoms with Crippen LogP contribution in [0.4, 0.5) is 11.4 Å². The molecule has 0 aromatic heterocycles. The largest absolute Gasteiger partial charge is 0.487 e. The Balaban J connectivity index is 3.14. The number of anilines is 1. The van der Waals surface area contributed by atoms with Crippen molar-refractivity contribution in [3.05, 3.63) is 28.3 Å². The molecule has 0 unspecified atom stereocenters. The van der Waals surface area contributed by atoms with E-state index < -0.39 is 4.92 Å². The smallest absolute Gasteiger partial charge is 0.333 e. The lowest BCUT2D eigenvalue weighted by molar-refractivity contribution is -0.385. The molecule has 0 radical (unpaired) electrons. The first-order valence-electron chi connectivity index (χ1n) is 6.90. The minimum Gasteiger partial charge on any atom is -0.487 e. The van der Waals surface area contributed by atoms with Crippen LogP contribution in [0.1, 0.15) is 13.3 Å². The summed E-state index contributed by atoms with van der Waals surface area (Å²) in [7, 11) is 1.56. The number of methoxy groups -OCH3 is 1. The third kappa shape index (κ3) is 4.87. The van der Waals surface area contributed by atoms with Gasteiger partial charge in [-0.15, -0.1) is 0 Å². The quantitative estimate of drug-likeness (QED) is 0.524. The van der Waals surface area contributed by atoms with Gasteiger partial charge in [-0.25, -0.2) is 0 Å². The molecule has 0 fully saturated rings. The van der Waals surface area contributed by atoms with Crippen LogP contribution in [-0.4, -0.2) is 50.0 Å². The van der Waals surface area contributed by atoms with Crippen LogP contribution in [0.2, 0.25) is 0 Å². The third-order valence-corrected chi connectivity index (χ3v) is 2.90. The molecule has 0 aliphatic heterocycles. The molecule has 21 heavy (non-hydrogen) atoms. The highest BCUT2D eigenvalue weighted by molar-refractivity contribution is 5.69. The van der Waals surface area contributed by atoms with Gasteiger partial charge in [0.25, 0.3) is 0 Å². The summed E-state index contributed by atoms with van der Waals surface area (Å²) in [5, 5.41) is 20.5. The monoisotopic (exact) mass is 298 g/mol. The molecule has 1 aromatic rings. The van der Waals surface area contributed by atoms with E-state index >= 15 is 0 Å². The van der Waals surface area contributed by atoms with Crippen molar-refractivity contribution >= 4 is 11.4 Å². The number of hydrogen-bond acceptors (Lipinski definition) is 6. The molecule has 0 saturated carbocycles. The summed E-state index contributed by atoms with van der Waals surface area (Å²) in [5.74, 6) is 0.250. The Morgan fingerprint density at radius 3 is 2.67 bits per heavy atom. The molecule has 0 saturated heterocycles. The number of aliphatic hydroxyl groups excluding tert-OH is 1. The molecule has 0 atom stereocenters. The van der Waals surface area contributed by atoms with Gasteiger partial charge < -0.3 is 19.5 Å². The molecule has 118 valence electrons. The van der Waals surface area contributed by atoms with Crippen LogP contribution in [0.15, 0.2) is 18.2 Å². The molecular formula is C14H22N2O5. The lowest BCUT2D eigenvalue weighted by Crippen LogP contribution is -2.30. The standard InChI is InChI=1S/C14H22N2O5/c1-3-10-21-13-6-4-5-12(14(13)16(18)19)15(7-9-17)8-11-20-2/h4-6,17H,3,7-11H2,1-2H3. The predicted octanol–water partition coefficient (Wildman–Crippen LogP) is 1.83. The Hall–Kier alpha value is -1.86. The second kappa shape index (κ2) is 9.15. The highest BCUT2D eigenvalue weighted by Gasteiger charge is 2.24. The number of nitrogens with zero attached hydrogens (tertiary/aromatic N) is 2. The molecule has 1 rings (SSSR count). The maximum Gasteiger partial charge on any atom is 0.333 e. The number of rotatable bonds is 10. The number of benzene rings is 1. The van der Waals surface area contributed by atoms with E-state index in [0.717, 1.165) is 6.42 Å². The van der Waals surface area contributed by atoms with Gasteiger partial charge in [0, 0.05) is 20.2 Å². The molecule has 0 aliphatic rings. The Kier molecular flexibility index (Phi) is 7.49. The van der Waals surface area contributed by atoms with E-state index in [1.807, 2.05) is 6.92 Å². The SMILES string of the molecule is CCCOc1cccc(N(CCO)CCOC)c1[N+](=O)[O-]. The summed E-state index contributed by atoms with van der Waals surface area (Å²) in [6.45, 7) is 3.42. The van der Waals surface area contributed by atoms with Gasteiger partial charge in [-0.1, -0.05) is 13.0 Å². The summed E-state index contributed by atoms with van der Waals surface area (Å²) < 4.78 is 10.5. The van der Waals surface area contributed by atoms with Crippen molar-refractivity contribution < 1.29 is 19.5 Å². The molecule has 0 aliphatic carbocycles. The molecule has 0 bridgehead atoms. The number of ether oxygens (including phenoxy) is 2. The van der Waals surface area contributed by atoms with Gasteiger partial charge in [-0.3, -0.25) is 10.1 Å². The first kappa shape index (κ1) is 17.2. The van der Waals surface area contributed by atoms with Crippen molar-refractivity contribution in [2.75, 3.05) is 44.9 Å². The summed E-state index contributed by atoms with van der Waals surface area (Å²) in [5.41, 5.74) is 0.357. The third-order valence-electron chi connectivity index (χ3n) is 2.90. The first-order chi connectivity index (χ1) is 10.2. The minimum atomic E-state index is -0.447. The van der Waals surface area contributed by atoms with E-state index in [9.17, 15) is 10.1 Å². The summed E-state index contributed by atoms with van der Waals surface area (Å²) in [6.07, 6.45) is 0.769. The zero-order valence-electron chi connectivity index (χ0n) is 12.4. The summed E-state index contributed by atoms with van der Waals surface area (Å²) in [6, 6.07) is 4.96. The van der Waals surface area contributed by atoms with Gasteiger partial charge in [0.1, 0.15) is 5.69 Å². The van der Waals surface area contributed by atoms with Crippen molar-refractivity contribution in [2.24, 2.45) is 0 Å². The van der Waals surface area contributed by atoms with E-state index in [1.165, 1.54) is 0 Å². The number of aliphatic hydroxyl groups is 1. The fraction of sp³-hybridized carbons (Fsp3) is 0.571. The van der Waals surface area contributed by atoms with E-state index in [0.29, 0.717) is 32.0 Å². The van der Waals surface area contributed by atoms with Gasteiger partial charge in [0.2, 0.25) is 0 Å². The predicted molar refractivity (Wildman–Crippen MR) is 80.1 cm³/mol. The lowest BCUT2D eigenvalue weighted by Gasteiger charge is -2.23. The van der Waals surface area contributed by atoms with Crippen LogP contribution >= 0.6 is 0 Å². The van der Waals surface area contributed by atoms with E-state index in [1.54, 1.807) is 30.2 Å². The Labute approximate surface area is 124 Å². The van der Waals surface area contributed by atoms with Crippen LogP contribution in [-0.2, 0) is 4.74 Å². The molecule has 7 heteroatoms. The first-order valence-corrected chi connectivity index (χ1v) is 6.90. The van der Waals surface area contributed by atoms with Gasteiger partial charge in [0.15, 0.2) is 5.75 Å². The van der Waals surface area contributed by atoms with Crippen molar-refractivity contribution in [2.45, 2.75) is 13.3 Å². The van der Waals surface area contributed by atoms with Crippen molar-refractivity contribution in [1.29, 1.82) is 0 Å². The molecule has 0 amide bonds. The summed E-state index contributed by atoms with van der Waals surface area (Å²) >= 11 is 0. The molecule has 1 aromatic carbocycles. The van der Waals surface area contributed by atoms with E-state index in [2.05, 4.69) is 0 Å². The van der Waals surface area contributed by atoms with Crippen molar-refractivity contribution in [3.63, 3.8) is 0 Å². The van der Waals surface area contributed by atoms with Crippen LogP contribution in [0.5, 0.6) is 5.75 Å². The van der Waals surface area contributed by atoms with Gasteiger partial charge >= 0.3 is 5.69 Å². The average Bonchev–Trinajstić information content (AvgIpc) is 2.48. The Bertz CT molecular complexity index is 453. The lowest BCUT2D eigenvalue weighted by atomic mass is 10.2. The Morgan fingerprint density at radius 2 is 2.10 bits per heavy atom. The fourth-order valence-electron chi connectivity index (χ4n) is 1.95. The Morgan fingerprint density at radius 1 is 1.33 bits per heavy atom. The van der Waals surface area contributed by atoms with Gasteiger partial charge in [-0.2, -0.15) is 0 Å². The topological polar surface area (TPSA) is 85.1 Å². The van der Waals surface area contributed by atoms with Crippen LogP contribution < -0.4 is 9.64 Å². The maximum absolute atomic E-state index is 11.4. The van der Waals surface area contributed by atoms with Gasteiger partial charge in [-0.05, 0) is 18.6 Å². The fourth-order valence-corrected chi connectivity index (χ4v) is 1.95. The summed E-state index contributed by atoms with van der Waals surface area (Å²) in [4.78, 5) is 12.7. The maximum atomic E-state index is 11.4. The molecule has 1 N–H and O–H groups in total. The minimum absolute atomic E-state index is 0.0736. The highest BCUT2D eigenvalue weighted by Crippen LogP contribution is 2.37. The molecule has 0 heterocycles. The number of nitro groups is 1. The molecular weight excluding hydrogens is 276 g/mol. The number of para-hydroxylation sites is 1. The molecule has 0 spiro atoms. The average molecular weight is 298 g/mol.